The third kappa shape index (κ3) is 7.21. The Morgan fingerprint density at radius 2 is 1.44 bits per heavy atom. The van der Waals surface area contributed by atoms with E-state index in [-0.39, 0.29) is 21.2 Å². The first-order chi connectivity index (χ1) is 19.5. The van der Waals surface area contributed by atoms with Crippen LogP contribution < -0.4 is 19.1 Å². The second-order valence-electron chi connectivity index (χ2n) is 8.89. The van der Waals surface area contributed by atoms with Crippen molar-refractivity contribution < 1.29 is 30.8 Å². The Hall–Kier alpha value is -4.42. The van der Waals surface area contributed by atoms with Gasteiger partial charge in [-0.1, -0.05) is 18.2 Å². The number of hydrogen-bond acceptors (Lipinski definition) is 6. The zero-order chi connectivity index (χ0) is 29.6. The molecule has 0 aliphatic rings. The molecule has 0 fully saturated rings. The van der Waals surface area contributed by atoms with Crippen LogP contribution in [0.4, 0.5) is 21.5 Å². The number of nitrogens with zero attached hydrogens (tertiary/aromatic N) is 1. The molecule has 0 atom stereocenters. The largest absolute Gasteiger partial charge is 0.494 e. The third-order valence-electron chi connectivity index (χ3n) is 5.96. The summed E-state index contributed by atoms with van der Waals surface area (Å²) in [7, 11) is -8.15. The van der Waals surface area contributed by atoms with Crippen molar-refractivity contribution in [1.29, 1.82) is 0 Å². The van der Waals surface area contributed by atoms with Crippen LogP contribution >= 0.6 is 0 Å². The molecule has 0 aliphatic heterocycles. The summed E-state index contributed by atoms with van der Waals surface area (Å²) in [4.78, 5) is 12.8. The number of rotatable bonds is 11. The highest BCUT2D eigenvalue weighted by Crippen LogP contribution is 2.27. The summed E-state index contributed by atoms with van der Waals surface area (Å²) >= 11 is 0. The molecule has 0 saturated heterocycles. The molecule has 1 amide bonds. The van der Waals surface area contributed by atoms with E-state index in [1.807, 2.05) is 6.92 Å². The summed E-state index contributed by atoms with van der Waals surface area (Å²) in [6.07, 6.45) is 0. The number of para-hydroxylation sites is 1. The molecule has 0 unspecified atom stereocenters. The minimum absolute atomic E-state index is 0.0198. The fourth-order valence-corrected chi connectivity index (χ4v) is 6.42. The van der Waals surface area contributed by atoms with Gasteiger partial charge in [-0.2, -0.15) is 0 Å². The van der Waals surface area contributed by atoms with Crippen LogP contribution in [0, 0.1) is 12.7 Å². The van der Waals surface area contributed by atoms with Gasteiger partial charge < -0.3 is 10.1 Å². The average molecular weight is 598 g/mol. The predicted molar refractivity (Wildman–Crippen MR) is 156 cm³/mol. The molecule has 214 valence electrons. The van der Waals surface area contributed by atoms with E-state index in [0.717, 1.165) is 34.1 Å². The third-order valence-corrected chi connectivity index (χ3v) is 9.13. The van der Waals surface area contributed by atoms with Gasteiger partial charge in [-0.3, -0.25) is 13.8 Å². The van der Waals surface area contributed by atoms with Gasteiger partial charge in [-0.15, -0.1) is 0 Å². The summed E-state index contributed by atoms with van der Waals surface area (Å²) in [6, 6.07) is 22.8. The molecule has 0 spiro atoms. The number of nitrogens with one attached hydrogen (secondary N) is 2. The summed E-state index contributed by atoms with van der Waals surface area (Å²) in [5, 5.41) is 2.60. The Morgan fingerprint density at radius 3 is 2.05 bits per heavy atom. The smallest absolute Gasteiger partial charge is 0.264 e. The lowest BCUT2D eigenvalue weighted by Crippen LogP contribution is -2.38. The molecule has 0 heterocycles. The normalized spacial score (nSPS) is 11.5. The fraction of sp³-hybridized carbons (Fsp3) is 0.138. The van der Waals surface area contributed by atoms with Gasteiger partial charge in [-0.05, 0) is 98.3 Å². The minimum Gasteiger partial charge on any atom is -0.494 e. The highest BCUT2D eigenvalue weighted by molar-refractivity contribution is 7.93. The Bertz CT molecular complexity index is 1730. The van der Waals surface area contributed by atoms with E-state index in [2.05, 4.69) is 10.0 Å². The Morgan fingerprint density at radius 1 is 0.829 bits per heavy atom. The topological polar surface area (TPSA) is 122 Å². The number of anilines is 3. The van der Waals surface area contributed by atoms with Crippen molar-refractivity contribution in [3.05, 3.63) is 108 Å². The van der Waals surface area contributed by atoms with Crippen molar-refractivity contribution in [1.82, 2.24) is 0 Å². The van der Waals surface area contributed by atoms with Crippen molar-refractivity contribution in [3.8, 4) is 5.75 Å². The highest BCUT2D eigenvalue weighted by Gasteiger charge is 2.27. The van der Waals surface area contributed by atoms with Crippen LogP contribution in [0.15, 0.2) is 107 Å². The Labute approximate surface area is 238 Å². The van der Waals surface area contributed by atoms with Crippen molar-refractivity contribution in [2.45, 2.75) is 23.6 Å². The lowest BCUT2D eigenvalue weighted by atomic mass is 10.2. The van der Waals surface area contributed by atoms with Gasteiger partial charge in [0, 0.05) is 5.69 Å². The van der Waals surface area contributed by atoms with Crippen LogP contribution in [0.25, 0.3) is 0 Å². The van der Waals surface area contributed by atoms with Crippen LogP contribution in [0.2, 0.25) is 0 Å². The average Bonchev–Trinajstić information content (AvgIpc) is 2.94. The molecule has 0 aliphatic carbocycles. The standard InChI is InChI=1S/C29H28FN3O6S2/c1-3-39-25-14-12-24(13-15-25)33(41(37,38)27-16-8-22(30)9-17-27)20-29(34)31-23-10-18-26(19-11-23)40(35,36)32-28-7-5-4-6-21(28)2/h4-19,32H,3,20H2,1-2H3,(H,31,34). The molecule has 2 N–H and O–H groups in total. The number of ether oxygens (including phenoxy) is 1. The molecule has 41 heavy (non-hydrogen) atoms. The number of carbonyl (C=O) groups excluding carboxylic acids is 1. The zero-order valence-electron chi connectivity index (χ0n) is 22.2. The van der Waals surface area contributed by atoms with Gasteiger partial charge in [0.1, 0.15) is 18.1 Å². The summed E-state index contributed by atoms with van der Waals surface area (Å²) in [5.74, 6) is -0.765. The number of carbonyl (C=O) groups is 1. The fourth-order valence-electron chi connectivity index (χ4n) is 3.86. The number of halogens is 1. The number of aryl methyl sites for hydroxylation is 1. The van der Waals surface area contributed by atoms with E-state index >= 15 is 0 Å². The molecule has 12 heteroatoms. The molecule has 4 aromatic rings. The van der Waals surface area contributed by atoms with Gasteiger partial charge in [-0.25, -0.2) is 21.2 Å². The van der Waals surface area contributed by atoms with Gasteiger partial charge in [0.2, 0.25) is 5.91 Å². The second kappa shape index (κ2) is 12.4. The molecular formula is C29H28FN3O6S2. The first-order valence-corrected chi connectivity index (χ1v) is 15.4. The van der Waals surface area contributed by atoms with Gasteiger partial charge in [0.15, 0.2) is 0 Å². The number of benzene rings is 4. The van der Waals surface area contributed by atoms with Gasteiger partial charge in [0.25, 0.3) is 20.0 Å². The minimum atomic E-state index is -4.27. The Balaban J connectivity index is 1.54. The van der Waals surface area contributed by atoms with Crippen LogP contribution in [0.5, 0.6) is 5.75 Å². The van der Waals surface area contributed by atoms with Crippen molar-refractivity contribution in [2.24, 2.45) is 0 Å². The van der Waals surface area contributed by atoms with E-state index in [9.17, 15) is 26.0 Å². The number of hydrogen-bond donors (Lipinski definition) is 2. The van der Waals surface area contributed by atoms with Crippen LogP contribution in [0.3, 0.4) is 0 Å². The lowest BCUT2D eigenvalue weighted by molar-refractivity contribution is -0.114. The van der Waals surface area contributed by atoms with Crippen LogP contribution in [-0.4, -0.2) is 35.9 Å². The summed E-state index contributed by atoms with van der Waals surface area (Å²) in [6.45, 7) is 3.40. The van der Waals surface area contributed by atoms with Gasteiger partial charge >= 0.3 is 0 Å². The van der Waals surface area contributed by atoms with E-state index in [1.54, 1.807) is 43.3 Å². The maximum atomic E-state index is 13.5. The van der Waals surface area contributed by atoms with Gasteiger partial charge in [0.05, 0.1) is 27.8 Å². The van der Waals surface area contributed by atoms with Crippen molar-refractivity contribution in [2.75, 3.05) is 27.5 Å². The molecule has 0 radical (unpaired) electrons. The predicted octanol–water partition coefficient (Wildman–Crippen LogP) is 5.17. The monoisotopic (exact) mass is 597 g/mol. The SMILES string of the molecule is CCOc1ccc(N(CC(=O)Nc2ccc(S(=O)(=O)Nc3ccccc3C)cc2)S(=O)(=O)c2ccc(F)cc2)cc1. The maximum Gasteiger partial charge on any atom is 0.264 e. The second-order valence-corrected chi connectivity index (χ2v) is 12.4. The lowest BCUT2D eigenvalue weighted by Gasteiger charge is -2.24. The molecular weight excluding hydrogens is 569 g/mol. The first-order valence-electron chi connectivity index (χ1n) is 12.5. The number of sulfonamides is 2. The quantitative estimate of drug-likeness (QED) is 0.246. The van der Waals surface area contributed by atoms with Crippen molar-refractivity contribution in [3.63, 3.8) is 0 Å². The summed E-state index contributed by atoms with van der Waals surface area (Å²) < 4.78 is 74.9. The van der Waals surface area contributed by atoms with E-state index in [4.69, 9.17) is 4.74 Å². The molecule has 9 nitrogen and oxygen atoms in total. The van der Waals surface area contributed by atoms with E-state index in [0.29, 0.717) is 18.0 Å². The number of amides is 1. The molecule has 0 aromatic heterocycles. The first kappa shape index (κ1) is 29.6. The Kier molecular flexibility index (Phi) is 8.94. The van der Waals surface area contributed by atoms with E-state index < -0.39 is 38.3 Å². The maximum absolute atomic E-state index is 13.5. The molecule has 4 aromatic carbocycles. The highest BCUT2D eigenvalue weighted by atomic mass is 32.2. The van der Waals surface area contributed by atoms with E-state index in [1.165, 1.54) is 36.4 Å². The summed E-state index contributed by atoms with van der Waals surface area (Å²) in [5.41, 5.74) is 1.65. The zero-order valence-corrected chi connectivity index (χ0v) is 23.9. The van der Waals surface area contributed by atoms with Crippen LogP contribution in [0.1, 0.15) is 12.5 Å². The van der Waals surface area contributed by atoms with Crippen molar-refractivity contribution >= 4 is 43.0 Å². The molecule has 4 rings (SSSR count). The molecule has 0 saturated carbocycles. The molecule has 0 bridgehead atoms. The van der Waals surface area contributed by atoms with Crippen LogP contribution in [-0.2, 0) is 24.8 Å².